The van der Waals surface area contributed by atoms with Crippen molar-refractivity contribution in [3.8, 4) is 0 Å². The van der Waals surface area contributed by atoms with Crippen molar-refractivity contribution in [1.29, 1.82) is 0 Å². The molecule has 0 amide bonds. The van der Waals surface area contributed by atoms with Crippen LogP contribution in [0.15, 0.2) is 24.3 Å². The van der Waals surface area contributed by atoms with E-state index in [0.717, 1.165) is 24.0 Å². The number of nitrogens with one attached hydrogen (secondary N) is 1. The van der Waals surface area contributed by atoms with Gasteiger partial charge in [0.15, 0.2) is 0 Å². The zero-order chi connectivity index (χ0) is 14.6. The maximum atomic E-state index is 12.3. The van der Waals surface area contributed by atoms with Gasteiger partial charge in [0, 0.05) is 19.6 Å². The summed E-state index contributed by atoms with van der Waals surface area (Å²) >= 11 is 0. The summed E-state index contributed by atoms with van der Waals surface area (Å²) in [5.74, 6) is 0.277. The maximum absolute atomic E-state index is 12.3. The van der Waals surface area contributed by atoms with E-state index in [4.69, 9.17) is 5.73 Å². The molecule has 0 bridgehead atoms. The van der Waals surface area contributed by atoms with Crippen LogP contribution in [0.4, 0.5) is 0 Å². The molecule has 1 aliphatic rings. The van der Waals surface area contributed by atoms with Crippen LogP contribution in [0.5, 0.6) is 0 Å². The minimum absolute atomic E-state index is 0.277. The fraction of sp³-hybridized carbons (Fsp3) is 0.571. The lowest BCUT2D eigenvalue weighted by atomic mass is 10.0. The smallest absolute Gasteiger partial charge is 0.279 e. The molecule has 1 unspecified atom stereocenters. The Morgan fingerprint density at radius 2 is 2.15 bits per heavy atom. The molecule has 3 N–H and O–H groups in total. The van der Waals surface area contributed by atoms with Crippen molar-refractivity contribution in [2.24, 2.45) is 11.7 Å². The summed E-state index contributed by atoms with van der Waals surface area (Å²) < 4.78 is 28.8. The highest BCUT2D eigenvalue weighted by atomic mass is 32.2. The zero-order valence-corrected chi connectivity index (χ0v) is 12.7. The second-order valence-electron chi connectivity index (χ2n) is 5.35. The first kappa shape index (κ1) is 15.4. The Hall–Kier alpha value is -0.950. The van der Waals surface area contributed by atoms with Crippen molar-refractivity contribution in [1.82, 2.24) is 9.03 Å². The quantitative estimate of drug-likeness (QED) is 0.851. The maximum Gasteiger partial charge on any atom is 0.279 e. The van der Waals surface area contributed by atoms with Crippen LogP contribution in [0.25, 0.3) is 0 Å². The minimum Gasteiger partial charge on any atom is -0.330 e. The third-order valence-electron chi connectivity index (χ3n) is 3.86. The van der Waals surface area contributed by atoms with E-state index in [1.54, 1.807) is 0 Å². The van der Waals surface area contributed by atoms with Crippen LogP contribution in [0.3, 0.4) is 0 Å². The molecule has 0 aromatic heterocycles. The molecule has 1 atom stereocenters. The van der Waals surface area contributed by atoms with E-state index >= 15 is 0 Å². The molecule has 0 aliphatic carbocycles. The number of nitrogens with zero attached hydrogens (tertiary/aromatic N) is 1. The number of hydrogen-bond acceptors (Lipinski definition) is 3. The molecular formula is C14H23N3O2S. The highest BCUT2D eigenvalue weighted by molar-refractivity contribution is 7.87. The van der Waals surface area contributed by atoms with E-state index in [9.17, 15) is 8.42 Å². The Morgan fingerprint density at radius 3 is 2.85 bits per heavy atom. The van der Waals surface area contributed by atoms with Crippen LogP contribution < -0.4 is 10.5 Å². The van der Waals surface area contributed by atoms with Gasteiger partial charge >= 0.3 is 0 Å². The average Bonchev–Trinajstić information content (AvgIpc) is 2.46. The molecule has 1 saturated heterocycles. The largest absolute Gasteiger partial charge is 0.330 e. The zero-order valence-electron chi connectivity index (χ0n) is 11.9. The van der Waals surface area contributed by atoms with Crippen LogP contribution >= 0.6 is 0 Å². The van der Waals surface area contributed by atoms with Gasteiger partial charge in [0.1, 0.15) is 0 Å². The second-order valence-corrected chi connectivity index (χ2v) is 7.11. The summed E-state index contributed by atoms with van der Waals surface area (Å²) in [6.07, 6.45) is 1.90. The number of nitrogens with two attached hydrogens (primary N) is 1. The lowest BCUT2D eigenvalue weighted by Crippen LogP contribution is -2.47. The number of hydrogen-bond donors (Lipinski definition) is 2. The minimum atomic E-state index is -3.41. The molecule has 1 aliphatic heterocycles. The second kappa shape index (κ2) is 6.67. The fourth-order valence-corrected chi connectivity index (χ4v) is 3.80. The van der Waals surface area contributed by atoms with Crippen molar-refractivity contribution in [2.45, 2.75) is 26.3 Å². The molecular weight excluding hydrogens is 274 g/mol. The lowest BCUT2D eigenvalue weighted by molar-refractivity contribution is 0.268. The van der Waals surface area contributed by atoms with Gasteiger partial charge in [-0.1, -0.05) is 24.3 Å². The van der Waals surface area contributed by atoms with Gasteiger partial charge in [-0.3, -0.25) is 0 Å². The molecule has 0 saturated carbocycles. The lowest BCUT2D eigenvalue weighted by Gasteiger charge is -2.31. The fourth-order valence-electron chi connectivity index (χ4n) is 2.51. The summed E-state index contributed by atoms with van der Waals surface area (Å²) in [6.45, 7) is 3.97. The Labute approximate surface area is 121 Å². The van der Waals surface area contributed by atoms with Gasteiger partial charge in [-0.15, -0.1) is 0 Å². The van der Waals surface area contributed by atoms with Crippen molar-refractivity contribution < 1.29 is 8.42 Å². The third-order valence-corrected chi connectivity index (χ3v) is 5.38. The van der Waals surface area contributed by atoms with Crippen LogP contribution in [-0.2, 0) is 16.8 Å². The van der Waals surface area contributed by atoms with E-state index in [1.807, 2.05) is 31.2 Å². The molecule has 112 valence electrons. The highest BCUT2D eigenvalue weighted by Crippen LogP contribution is 2.18. The molecule has 1 heterocycles. The number of benzene rings is 1. The normalized spacial score (nSPS) is 21.0. The number of rotatable bonds is 5. The molecule has 0 radical (unpaired) electrons. The third kappa shape index (κ3) is 3.79. The van der Waals surface area contributed by atoms with E-state index in [1.165, 1.54) is 4.31 Å². The summed E-state index contributed by atoms with van der Waals surface area (Å²) in [5.41, 5.74) is 7.75. The van der Waals surface area contributed by atoms with Crippen molar-refractivity contribution >= 4 is 10.2 Å². The summed E-state index contributed by atoms with van der Waals surface area (Å²) in [4.78, 5) is 0. The van der Waals surface area contributed by atoms with Crippen LogP contribution in [-0.4, -0.2) is 32.4 Å². The Morgan fingerprint density at radius 1 is 1.40 bits per heavy atom. The molecule has 20 heavy (non-hydrogen) atoms. The number of aryl methyl sites for hydroxylation is 1. The van der Waals surface area contributed by atoms with E-state index in [0.29, 0.717) is 26.2 Å². The SMILES string of the molecule is Cc1ccccc1CNS(=O)(=O)N1CCCC(CN)C1. The first-order valence-electron chi connectivity index (χ1n) is 7.02. The standard InChI is InChI=1S/C14H23N3O2S/c1-12-5-2-3-7-14(12)10-16-20(18,19)17-8-4-6-13(9-15)11-17/h2-3,5,7,13,16H,4,6,8-11,15H2,1H3. The summed E-state index contributed by atoms with van der Waals surface area (Å²) in [7, 11) is -3.41. The van der Waals surface area contributed by atoms with Gasteiger partial charge < -0.3 is 5.73 Å². The van der Waals surface area contributed by atoms with Gasteiger partial charge in [-0.2, -0.15) is 17.4 Å². The Kier molecular flexibility index (Phi) is 5.15. The van der Waals surface area contributed by atoms with Gasteiger partial charge in [0.05, 0.1) is 0 Å². The van der Waals surface area contributed by atoms with Crippen molar-refractivity contribution in [2.75, 3.05) is 19.6 Å². The molecule has 1 fully saturated rings. The molecule has 2 rings (SSSR count). The van der Waals surface area contributed by atoms with E-state index in [-0.39, 0.29) is 5.92 Å². The average molecular weight is 297 g/mol. The first-order valence-corrected chi connectivity index (χ1v) is 8.46. The first-order chi connectivity index (χ1) is 9.53. The Balaban J connectivity index is 1.99. The van der Waals surface area contributed by atoms with Gasteiger partial charge in [-0.25, -0.2) is 0 Å². The van der Waals surface area contributed by atoms with Crippen LogP contribution in [0.1, 0.15) is 24.0 Å². The monoisotopic (exact) mass is 297 g/mol. The molecule has 5 nitrogen and oxygen atoms in total. The summed E-state index contributed by atoms with van der Waals surface area (Å²) in [6, 6.07) is 7.79. The van der Waals surface area contributed by atoms with Crippen LogP contribution in [0.2, 0.25) is 0 Å². The Bertz CT molecular complexity index is 545. The predicted molar refractivity (Wildman–Crippen MR) is 80.3 cm³/mol. The highest BCUT2D eigenvalue weighted by Gasteiger charge is 2.27. The van der Waals surface area contributed by atoms with E-state index in [2.05, 4.69) is 4.72 Å². The molecule has 6 heteroatoms. The van der Waals surface area contributed by atoms with Crippen molar-refractivity contribution in [3.05, 3.63) is 35.4 Å². The topological polar surface area (TPSA) is 75.4 Å². The van der Waals surface area contributed by atoms with E-state index < -0.39 is 10.2 Å². The molecule has 1 aromatic rings. The van der Waals surface area contributed by atoms with Gasteiger partial charge in [-0.05, 0) is 43.4 Å². The van der Waals surface area contributed by atoms with Crippen LogP contribution in [0, 0.1) is 12.8 Å². The van der Waals surface area contributed by atoms with Gasteiger partial charge in [0.2, 0.25) is 0 Å². The van der Waals surface area contributed by atoms with Gasteiger partial charge in [0.25, 0.3) is 10.2 Å². The van der Waals surface area contributed by atoms with Crippen molar-refractivity contribution in [3.63, 3.8) is 0 Å². The number of piperidine rings is 1. The predicted octanol–water partition coefficient (Wildman–Crippen LogP) is 1.00. The molecule has 1 aromatic carbocycles. The molecule has 0 spiro atoms. The summed E-state index contributed by atoms with van der Waals surface area (Å²) in [5, 5.41) is 0.